The topological polar surface area (TPSA) is 40.5 Å². The van der Waals surface area contributed by atoms with Crippen LogP contribution < -0.4 is 0 Å². The fourth-order valence-corrected chi connectivity index (χ4v) is 3.27. The molecular formula is C7H12BrNO2S. The molecule has 1 rings (SSSR count). The van der Waals surface area contributed by atoms with Crippen molar-refractivity contribution in [3.63, 3.8) is 0 Å². The molecule has 1 N–H and O–H groups in total. The van der Waals surface area contributed by atoms with E-state index in [1.807, 2.05) is 11.8 Å². The Hall–Kier alpha value is 0.100. The van der Waals surface area contributed by atoms with Gasteiger partial charge in [0.2, 0.25) is 0 Å². The summed E-state index contributed by atoms with van der Waals surface area (Å²) >= 11 is 5.24. The van der Waals surface area contributed by atoms with Gasteiger partial charge in [-0.25, -0.2) is 4.79 Å². The molecule has 0 radical (unpaired) electrons. The van der Waals surface area contributed by atoms with E-state index in [4.69, 9.17) is 5.11 Å². The summed E-state index contributed by atoms with van der Waals surface area (Å²) in [6, 6.07) is 0. The lowest BCUT2D eigenvalue weighted by Gasteiger charge is -2.29. The fourth-order valence-electron chi connectivity index (χ4n) is 1.19. The van der Waals surface area contributed by atoms with Crippen LogP contribution in [0.5, 0.6) is 0 Å². The first kappa shape index (κ1) is 10.2. The van der Waals surface area contributed by atoms with E-state index >= 15 is 0 Å². The average Bonchev–Trinajstić information content (AvgIpc) is 2.05. The van der Waals surface area contributed by atoms with Gasteiger partial charge in [0.15, 0.2) is 0 Å². The molecule has 1 aliphatic rings. The molecule has 3 nitrogen and oxygen atoms in total. The first-order valence-electron chi connectivity index (χ1n) is 3.89. The van der Waals surface area contributed by atoms with E-state index in [1.165, 1.54) is 4.90 Å². The number of rotatable bonds is 2. The first-order valence-corrected chi connectivity index (χ1v) is 6.06. The van der Waals surface area contributed by atoms with Crippen LogP contribution in [0.3, 0.4) is 0 Å². The Bertz CT molecular complexity index is 165. The van der Waals surface area contributed by atoms with E-state index in [9.17, 15) is 4.79 Å². The van der Waals surface area contributed by atoms with Gasteiger partial charge in [-0.3, -0.25) is 0 Å². The minimum absolute atomic E-state index is 0.481. The quantitative estimate of drug-likeness (QED) is 0.765. The molecule has 0 saturated carbocycles. The Balaban J connectivity index is 2.35. The second-order valence-electron chi connectivity index (χ2n) is 2.70. The van der Waals surface area contributed by atoms with Gasteiger partial charge in [-0.1, -0.05) is 15.9 Å². The van der Waals surface area contributed by atoms with Crippen LogP contribution in [-0.2, 0) is 0 Å². The maximum Gasteiger partial charge on any atom is 0.407 e. The van der Waals surface area contributed by atoms with Crippen LogP contribution in [-0.4, -0.2) is 45.5 Å². The van der Waals surface area contributed by atoms with Crippen molar-refractivity contribution in [1.29, 1.82) is 0 Å². The van der Waals surface area contributed by atoms with Gasteiger partial charge in [-0.15, -0.1) is 0 Å². The number of nitrogens with zero attached hydrogens (tertiary/aromatic N) is 1. The van der Waals surface area contributed by atoms with E-state index in [2.05, 4.69) is 15.9 Å². The second kappa shape index (κ2) is 4.97. The van der Waals surface area contributed by atoms with Crippen molar-refractivity contribution in [1.82, 2.24) is 4.90 Å². The molecule has 1 aliphatic heterocycles. The third kappa shape index (κ3) is 2.86. The number of hydrogen-bond acceptors (Lipinski definition) is 2. The van der Waals surface area contributed by atoms with Crippen molar-refractivity contribution in [2.45, 2.75) is 11.7 Å². The van der Waals surface area contributed by atoms with Gasteiger partial charge in [0, 0.05) is 29.4 Å². The molecule has 0 aromatic heterocycles. The Morgan fingerprint density at radius 1 is 1.75 bits per heavy atom. The second-order valence-corrected chi connectivity index (χ2v) is 4.90. The van der Waals surface area contributed by atoms with Crippen LogP contribution in [0.25, 0.3) is 0 Å². The Labute approximate surface area is 84.6 Å². The predicted molar refractivity (Wildman–Crippen MR) is 54.3 cm³/mol. The van der Waals surface area contributed by atoms with Gasteiger partial charge in [0.25, 0.3) is 0 Å². The molecule has 0 aromatic carbocycles. The minimum Gasteiger partial charge on any atom is -0.465 e. The van der Waals surface area contributed by atoms with Crippen LogP contribution >= 0.6 is 27.7 Å². The van der Waals surface area contributed by atoms with E-state index in [0.29, 0.717) is 18.3 Å². The van der Waals surface area contributed by atoms with Gasteiger partial charge in [-0.2, -0.15) is 11.8 Å². The maximum absolute atomic E-state index is 10.6. The zero-order valence-electron chi connectivity index (χ0n) is 6.70. The SMILES string of the molecule is O=C(O)N1CCSC(CCBr)C1. The molecule has 1 unspecified atom stereocenters. The summed E-state index contributed by atoms with van der Waals surface area (Å²) in [7, 11) is 0. The third-order valence-electron chi connectivity index (χ3n) is 1.84. The van der Waals surface area contributed by atoms with E-state index in [-0.39, 0.29) is 0 Å². The molecule has 12 heavy (non-hydrogen) atoms. The molecule has 5 heteroatoms. The van der Waals surface area contributed by atoms with E-state index in [0.717, 1.165) is 17.5 Å². The zero-order chi connectivity index (χ0) is 8.97. The van der Waals surface area contributed by atoms with E-state index < -0.39 is 6.09 Å². The highest BCUT2D eigenvalue weighted by Crippen LogP contribution is 2.21. The molecule has 0 bridgehead atoms. The predicted octanol–water partition coefficient (Wildman–Crippen LogP) is 1.87. The average molecular weight is 254 g/mol. The van der Waals surface area contributed by atoms with Crippen LogP contribution in [0.4, 0.5) is 4.79 Å². The summed E-state index contributed by atoms with van der Waals surface area (Å²) in [4.78, 5) is 12.1. The molecule has 70 valence electrons. The summed E-state index contributed by atoms with van der Waals surface area (Å²) < 4.78 is 0. The molecule has 1 heterocycles. The molecule has 0 aromatic rings. The molecule has 0 spiro atoms. The van der Waals surface area contributed by atoms with Crippen molar-refractivity contribution < 1.29 is 9.90 Å². The molecule has 0 aliphatic carbocycles. The van der Waals surface area contributed by atoms with Crippen LogP contribution in [0.15, 0.2) is 0 Å². The number of alkyl halides is 1. The van der Waals surface area contributed by atoms with Gasteiger partial charge in [0.1, 0.15) is 0 Å². The smallest absolute Gasteiger partial charge is 0.407 e. The van der Waals surface area contributed by atoms with Crippen molar-refractivity contribution >= 4 is 33.8 Å². The van der Waals surface area contributed by atoms with Crippen molar-refractivity contribution in [3.05, 3.63) is 0 Å². The number of halogens is 1. The highest BCUT2D eigenvalue weighted by molar-refractivity contribution is 9.09. The molecule has 1 fully saturated rings. The van der Waals surface area contributed by atoms with Crippen molar-refractivity contribution in [3.8, 4) is 0 Å². The Morgan fingerprint density at radius 3 is 3.08 bits per heavy atom. The standard InChI is InChI=1S/C7H12BrNO2S/c8-2-1-6-5-9(7(10)11)3-4-12-6/h6H,1-5H2,(H,10,11). The zero-order valence-corrected chi connectivity index (χ0v) is 9.10. The molecule has 1 atom stereocenters. The molecule has 1 amide bonds. The van der Waals surface area contributed by atoms with Crippen LogP contribution in [0, 0.1) is 0 Å². The highest BCUT2D eigenvalue weighted by atomic mass is 79.9. The summed E-state index contributed by atoms with van der Waals surface area (Å²) in [6.45, 7) is 1.37. The normalized spacial score (nSPS) is 24.1. The van der Waals surface area contributed by atoms with Crippen molar-refractivity contribution in [2.75, 3.05) is 24.2 Å². The minimum atomic E-state index is -0.783. The fraction of sp³-hybridized carbons (Fsp3) is 0.857. The van der Waals surface area contributed by atoms with Gasteiger partial charge in [0.05, 0.1) is 0 Å². The molecule has 1 saturated heterocycles. The summed E-state index contributed by atoms with van der Waals surface area (Å²) in [6.07, 6.45) is 0.268. The third-order valence-corrected chi connectivity index (χ3v) is 3.57. The lowest BCUT2D eigenvalue weighted by molar-refractivity contribution is 0.146. The number of hydrogen-bond donors (Lipinski definition) is 1. The summed E-state index contributed by atoms with van der Waals surface area (Å²) in [5.74, 6) is 0.934. The molecular weight excluding hydrogens is 242 g/mol. The van der Waals surface area contributed by atoms with Crippen LogP contribution in [0.1, 0.15) is 6.42 Å². The highest BCUT2D eigenvalue weighted by Gasteiger charge is 2.22. The Morgan fingerprint density at radius 2 is 2.50 bits per heavy atom. The lowest BCUT2D eigenvalue weighted by atomic mass is 10.3. The summed E-state index contributed by atoms with van der Waals surface area (Å²) in [5.41, 5.74) is 0. The Kier molecular flexibility index (Phi) is 4.21. The summed E-state index contributed by atoms with van der Waals surface area (Å²) in [5, 5.41) is 10.2. The van der Waals surface area contributed by atoms with E-state index in [1.54, 1.807) is 0 Å². The monoisotopic (exact) mass is 253 g/mol. The van der Waals surface area contributed by atoms with Crippen molar-refractivity contribution in [2.24, 2.45) is 0 Å². The largest absolute Gasteiger partial charge is 0.465 e. The number of carbonyl (C=O) groups is 1. The number of carboxylic acid groups (broad SMARTS) is 1. The lowest BCUT2D eigenvalue weighted by Crippen LogP contribution is -2.41. The first-order chi connectivity index (χ1) is 5.74. The number of amides is 1. The van der Waals surface area contributed by atoms with Gasteiger partial charge >= 0.3 is 6.09 Å². The van der Waals surface area contributed by atoms with Gasteiger partial charge < -0.3 is 10.0 Å². The van der Waals surface area contributed by atoms with Crippen LogP contribution in [0.2, 0.25) is 0 Å². The maximum atomic E-state index is 10.6. The van der Waals surface area contributed by atoms with Gasteiger partial charge in [-0.05, 0) is 6.42 Å². The number of thioether (sulfide) groups is 1.